The zero-order valence-electron chi connectivity index (χ0n) is 8.63. The Morgan fingerprint density at radius 2 is 2.27 bits per heavy atom. The molecule has 1 atom stereocenters. The van der Waals surface area contributed by atoms with Gasteiger partial charge in [0, 0.05) is 0 Å². The lowest BCUT2D eigenvalue weighted by molar-refractivity contribution is 0.244. The Balaban J connectivity index is 2.78. The molecule has 15 heavy (non-hydrogen) atoms. The Morgan fingerprint density at radius 3 is 2.80 bits per heavy atom. The van der Waals surface area contributed by atoms with Crippen LogP contribution in [0, 0.1) is 5.82 Å². The fourth-order valence-electron chi connectivity index (χ4n) is 1.34. The van der Waals surface area contributed by atoms with E-state index in [0.29, 0.717) is 5.56 Å². The zero-order chi connectivity index (χ0) is 11.3. The molecule has 2 nitrogen and oxygen atoms in total. The van der Waals surface area contributed by atoms with Crippen LogP contribution in [0.3, 0.4) is 0 Å². The molecule has 1 unspecified atom stereocenters. The Bertz CT molecular complexity index is 319. The maximum Gasteiger partial charge on any atom is 0.142 e. The summed E-state index contributed by atoms with van der Waals surface area (Å²) in [4.78, 5) is 0. The van der Waals surface area contributed by atoms with Crippen LogP contribution in [0.15, 0.2) is 18.2 Å². The van der Waals surface area contributed by atoms with Crippen molar-refractivity contribution in [3.8, 4) is 0 Å². The molecule has 2 N–H and O–H groups in total. The van der Waals surface area contributed by atoms with Gasteiger partial charge in [0.05, 0.1) is 17.7 Å². The minimum atomic E-state index is -0.453. The number of halogens is 2. The van der Waals surface area contributed by atoms with Crippen LogP contribution in [0.4, 0.5) is 4.39 Å². The van der Waals surface area contributed by atoms with E-state index in [1.807, 2.05) is 6.92 Å². The first-order chi connectivity index (χ1) is 7.19. The van der Waals surface area contributed by atoms with Crippen molar-refractivity contribution in [3.63, 3.8) is 0 Å². The summed E-state index contributed by atoms with van der Waals surface area (Å²) in [6.07, 6.45) is 0.965. The molecule has 1 aromatic carbocycles. The monoisotopic (exact) mass is 231 g/mol. The van der Waals surface area contributed by atoms with Crippen LogP contribution in [0.5, 0.6) is 0 Å². The van der Waals surface area contributed by atoms with Gasteiger partial charge in [-0.25, -0.2) is 4.39 Å². The van der Waals surface area contributed by atoms with Crippen LogP contribution in [-0.4, -0.2) is 18.3 Å². The maximum absolute atomic E-state index is 13.2. The lowest BCUT2D eigenvalue weighted by Crippen LogP contribution is -2.25. The molecule has 0 saturated carbocycles. The lowest BCUT2D eigenvalue weighted by atomic mass is 10.1. The largest absolute Gasteiger partial charge is 0.394 e. The highest BCUT2D eigenvalue weighted by Gasteiger charge is 2.11. The molecule has 1 aromatic rings. The SMILES string of the molecule is CCCNC(CO)c1ccc(Cl)c(F)c1. The van der Waals surface area contributed by atoms with Gasteiger partial charge in [-0.15, -0.1) is 0 Å². The van der Waals surface area contributed by atoms with Crippen molar-refractivity contribution in [1.82, 2.24) is 5.32 Å². The van der Waals surface area contributed by atoms with Crippen molar-refractivity contribution >= 4 is 11.6 Å². The van der Waals surface area contributed by atoms with Crippen LogP contribution < -0.4 is 5.32 Å². The Hall–Kier alpha value is -0.640. The van der Waals surface area contributed by atoms with E-state index in [4.69, 9.17) is 16.7 Å². The summed E-state index contributed by atoms with van der Waals surface area (Å²) in [5.74, 6) is -0.453. The molecule has 0 radical (unpaired) electrons. The van der Waals surface area contributed by atoms with Gasteiger partial charge in [-0.05, 0) is 30.7 Å². The highest BCUT2D eigenvalue weighted by molar-refractivity contribution is 6.30. The Labute approximate surface area is 94.1 Å². The third-order valence-corrected chi connectivity index (χ3v) is 2.48. The molecule has 0 spiro atoms. The average molecular weight is 232 g/mol. The van der Waals surface area contributed by atoms with Gasteiger partial charge in [-0.1, -0.05) is 24.6 Å². The van der Waals surface area contributed by atoms with E-state index < -0.39 is 5.82 Å². The van der Waals surface area contributed by atoms with E-state index in [2.05, 4.69) is 5.32 Å². The third kappa shape index (κ3) is 3.45. The lowest BCUT2D eigenvalue weighted by Gasteiger charge is -2.16. The summed E-state index contributed by atoms with van der Waals surface area (Å²) in [5.41, 5.74) is 0.716. The highest BCUT2D eigenvalue weighted by Crippen LogP contribution is 2.20. The highest BCUT2D eigenvalue weighted by atomic mass is 35.5. The van der Waals surface area contributed by atoms with Crippen molar-refractivity contribution in [1.29, 1.82) is 0 Å². The second-order valence-corrected chi connectivity index (χ2v) is 3.77. The topological polar surface area (TPSA) is 32.3 Å². The number of benzene rings is 1. The molecule has 0 aromatic heterocycles. The van der Waals surface area contributed by atoms with Gasteiger partial charge < -0.3 is 10.4 Å². The fourth-order valence-corrected chi connectivity index (χ4v) is 1.45. The number of aliphatic hydroxyl groups is 1. The van der Waals surface area contributed by atoms with Gasteiger partial charge in [0.15, 0.2) is 0 Å². The van der Waals surface area contributed by atoms with Crippen molar-refractivity contribution in [2.24, 2.45) is 0 Å². The van der Waals surface area contributed by atoms with E-state index in [1.54, 1.807) is 6.07 Å². The molecule has 0 heterocycles. The maximum atomic E-state index is 13.2. The quantitative estimate of drug-likeness (QED) is 0.816. The summed E-state index contributed by atoms with van der Waals surface area (Å²) in [5, 5.41) is 12.4. The number of hydrogen-bond acceptors (Lipinski definition) is 2. The number of nitrogens with one attached hydrogen (secondary N) is 1. The number of hydrogen-bond donors (Lipinski definition) is 2. The van der Waals surface area contributed by atoms with Crippen molar-refractivity contribution in [2.45, 2.75) is 19.4 Å². The van der Waals surface area contributed by atoms with E-state index in [-0.39, 0.29) is 17.7 Å². The molecule has 0 saturated heterocycles. The van der Waals surface area contributed by atoms with E-state index in [9.17, 15) is 4.39 Å². The van der Waals surface area contributed by atoms with E-state index in [1.165, 1.54) is 12.1 Å². The van der Waals surface area contributed by atoms with Gasteiger partial charge in [0.25, 0.3) is 0 Å². The normalized spacial score (nSPS) is 12.8. The van der Waals surface area contributed by atoms with Crippen LogP contribution in [0.25, 0.3) is 0 Å². The van der Waals surface area contributed by atoms with Gasteiger partial charge in [-0.3, -0.25) is 0 Å². The standard InChI is InChI=1S/C11H15ClFNO/c1-2-5-14-11(7-15)8-3-4-9(12)10(13)6-8/h3-4,6,11,14-15H,2,5,7H2,1H3. The first kappa shape index (κ1) is 12.4. The molecule has 0 aliphatic heterocycles. The third-order valence-electron chi connectivity index (χ3n) is 2.17. The molecule has 84 valence electrons. The van der Waals surface area contributed by atoms with Gasteiger partial charge >= 0.3 is 0 Å². The molecule has 4 heteroatoms. The summed E-state index contributed by atoms with van der Waals surface area (Å²) in [6.45, 7) is 2.76. The van der Waals surface area contributed by atoms with Crippen LogP contribution in [0.2, 0.25) is 5.02 Å². The van der Waals surface area contributed by atoms with Crippen LogP contribution in [0.1, 0.15) is 24.9 Å². The first-order valence-electron chi connectivity index (χ1n) is 4.98. The minimum Gasteiger partial charge on any atom is -0.394 e. The smallest absolute Gasteiger partial charge is 0.142 e. The first-order valence-corrected chi connectivity index (χ1v) is 5.36. The summed E-state index contributed by atoms with van der Waals surface area (Å²) in [7, 11) is 0. The second-order valence-electron chi connectivity index (χ2n) is 3.36. The predicted octanol–water partition coefficient (Wildman–Crippen LogP) is 2.51. The fraction of sp³-hybridized carbons (Fsp3) is 0.455. The van der Waals surface area contributed by atoms with Crippen molar-refractivity contribution in [3.05, 3.63) is 34.6 Å². The molecule has 0 fully saturated rings. The van der Waals surface area contributed by atoms with Crippen molar-refractivity contribution in [2.75, 3.05) is 13.2 Å². The van der Waals surface area contributed by atoms with Gasteiger partial charge in [-0.2, -0.15) is 0 Å². The van der Waals surface area contributed by atoms with Crippen LogP contribution >= 0.6 is 11.6 Å². The predicted molar refractivity (Wildman–Crippen MR) is 59.5 cm³/mol. The molecule has 0 aliphatic rings. The van der Waals surface area contributed by atoms with Gasteiger partial charge in [0.2, 0.25) is 0 Å². The summed E-state index contributed by atoms with van der Waals surface area (Å²) in [6, 6.07) is 4.35. The Morgan fingerprint density at radius 1 is 1.53 bits per heavy atom. The van der Waals surface area contributed by atoms with Crippen LogP contribution in [-0.2, 0) is 0 Å². The Kier molecular flexibility index (Phi) is 5.02. The number of rotatable bonds is 5. The van der Waals surface area contributed by atoms with Gasteiger partial charge in [0.1, 0.15) is 5.82 Å². The average Bonchev–Trinajstić information content (AvgIpc) is 2.24. The zero-order valence-corrected chi connectivity index (χ0v) is 9.39. The second kappa shape index (κ2) is 6.05. The minimum absolute atomic E-state index is 0.0545. The van der Waals surface area contributed by atoms with E-state index >= 15 is 0 Å². The number of aliphatic hydroxyl groups excluding tert-OH is 1. The summed E-state index contributed by atoms with van der Waals surface area (Å²) < 4.78 is 13.2. The molecule has 0 amide bonds. The molecule has 1 rings (SSSR count). The molecular weight excluding hydrogens is 217 g/mol. The van der Waals surface area contributed by atoms with Crippen molar-refractivity contribution < 1.29 is 9.50 Å². The summed E-state index contributed by atoms with van der Waals surface area (Å²) >= 11 is 5.57. The molecular formula is C11H15ClFNO. The molecule has 0 bridgehead atoms. The van der Waals surface area contributed by atoms with E-state index in [0.717, 1.165) is 13.0 Å². The molecule has 0 aliphatic carbocycles.